The standard InChI is InChI=1S/C18H20N2O6/c1-3-26-17(23)18(24)13(15-19-9-4-10-20(15)16(18)22)14(21)11-5-7-12(25-2)8-6-11/h5-8,19,24H,3-4,9-10H2,1-2H3. The van der Waals surface area contributed by atoms with E-state index in [0.29, 0.717) is 25.3 Å². The number of nitrogens with zero attached hydrogens (tertiary/aromatic N) is 1. The summed E-state index contributed by atoms with van der Waals surface area (Å²) < 4.78 is 9.95. The van der Waals surface area contributed by atoms with Crippen molar-refractivity contribution in [3.05, 3.63) is 41.2 Å². The van der Waals surface area contributed by atoms with Crippen LogP contribution in [0.2, 0.25) is 0 Å². The minimum atomic E-state index is -2.65. The zero-order valence-corrected chi connectivity index (χ0v) is 14.6. The highest BCUT2D eigenvalue weighted by Crippen LogP contribution is 2.37. The van der Waals surface area contributed by atoms with Gasteiger partial charge >= 0.3 is 5.97 Å². The number of esters is 1. The van der Waals surface area contributed by atoms with Crippen LogP contribution >= 0.6 is 0 Å². The molecule has 1 aromatic carbocycles. The average molecular weight is 360 g/mol. The van der Waals surface area contributed by atoms with Crippen molar-refractivity contribution in [3.63, 3.8) is 0 Å². The monoisotopic (exact) mass is 360 g/mol. The molecule has 1 saturated heterocycles. The Labute approximate surface area is 150 Å². The van der Waals surface area contributed by atoms with E-state index in [9.17, 15) is 19.5 Å². The van der Waals surface area contributed by atoms with E-state index in [0.717, 1.165) is 0 Å². The number of ketones is 1. The average Bonchev–Trinajstić information content (AvgIpc) is 2.90. The first-order valence-electron chi connectivity index (χ1n) is 8.34. The van der Waals surface area contributed by atoms with Crippen LogP contribution < -0.4 is 10.1 Å². The van der Waals surface area contributed by atoms with E-state index >= 15 is 0 Å². The smallest absolute Gasteiger partial charge is 0.353 e. The second-order valence-electron chi connectivity index (χ2n) is 5.95. The molecular weight excluding hydrogens is 340 g/mol. The van der Waals surface area contributed by atoms with E-state index in [2.05, 4.69) is 5.32 Å². The summed E-state index contributed by atoms with van der Waals surface area (Å²) in [6.45, 7) is 2.37. The van der Waals surface area contributed by atoms with E-state index in [1.807, 2.05) is 0 Å². The highest BCUT2D eigenvalue weighted by atomic mass is 16.6. The summed E-state index contributed by atoms with van der Waals surface area (Å²) in [5, 5.41) is 13.9. The van der Waals surface area contributed by atoms with E-state index < -0.39 is 23.3 Å². The van der Waals surface area contributed by atoms with Crippen LogP contribution in [0.5, 0.6) is 5.75 Å². The molecule has 2 N–H and O–H groups in total. The number of hydrogen-bond acceptors (Lipinski definition) is 7. The lowest BCUT2D eigenvalue weighted by Crippen LogP contribution is -2.52. The van der Waals surface area contributed by atoms with Gasteiger partial charge in [0, 0.05) is 18.7 Å². The highest BCUT2D eigenvalue weighted by molar-refractivity contribution is 6.25. The molecule has 8 nitrogen and oxygen atoms in total. The number of benzene rings is 1. The summed E-state index contributed by atoms with van der Waals surface area (Å²) >= 11 is 0. The summed E-state index contributed by atoms with van der Waals surface area (Å²) in [5.41, 5.74) is -2.73. The molecule has 3 rings (SSSR count). The largest absolute Gasteiger partial charge is 0.497 e. The van der Waals surface area contributed by atoms with Crippen LogP contribution in [0.25, 0.3) is 0 Å². The first-order chi connectivity index (χ1) is 12.4. The van der Waals surface area contributed by atoms with Gasteiger partial charge < -0.3 is 19.9 Å². The Hall–Kier alpha value is -2.87. The molecule has 0 saturated carbocycles. The van der Waals surface area contributed by atoms with Crippen molar-refractivity contribution in [2.75, 3.05) is 26.8 Å². The third-order valence-electron chi connectivity index (χ3n) is 4.42. The van der Waals surface area contributed by atoms with Crippen molar-refractivity contribution in [3.8, 4) is 5.75 Å². The minimum absolute atomic E-state index is 0.0266. The van der Waals surface area contributed by atoms with Crippen LogP contribution in [0.1, 0.15) is 23.7 Å². The lowest BCUT2D eigenvalue weighted by molar-refractivity contribution is -0.168. The maximum atomic E-state index is 13.1. The zero-order valence-electron chi connectivity index (χ0n) is 14.6. The third kappa shape index (κ3) is 2.62. The summed E-state index contributed by atoms with van der Waals surface area (Å²) in [4.78, 5) is 39.5. The van der Waals surface area contributed by atoms with Gasteiger partial charge in [-0.15, -0.1) is 0 Å². The van der Waals surface area contributed by atoms with Gasteiger partial charge in [-0.25, -0.2) is 4.79 Å². The summed E-state index contributed by atoms with van der Waals surface area (Å²) in [6.07, 6.45) is 0.637. The molecule has 1 amide bonds. The molecule has 0 bridgehead atoms. The molecule has 2 aliphatic heterocycles. The predicted molar refractivity (Wildman–Crippen MR) is 90.3 cm³/mol. The predicted octanol–water partition coefficient (Wildman–Crippen LogP) is 0.219. The molecule has 0 aromatic heterocycles. The number of aliphatic hydroxyl groups is 1. The Morgan fingerprint density at radius 3 is 2.62 bits per heavy atom. The zero-order chi connectivity index (χ0) is 18.9. The second-order valence-corrected chi connectivity index (χ2v) is 5.95. The van der Waals surface area contributed by atoms with Gasteiger partial charge in [-0.05, 0) is 37.6 Å². The van der Waals surface area contributed by atoms with E-state index in [1.54, 1.807) is 19.1 Å². The first-order valence-corrected chi connectivity index (χ1v) is 8.34. The van der Waals surface area contributed by atoms with Crippen LogP contribution in [0, 0.1) is 0 Å². The van der Waals surface area contributed by atoms with Crippen molar-refractivity contribution in [1.29, 1.82) is 0 Å². The molecule has 0 radical (unpaired) electrons. The normalized spacial score (nSPS) is 22.0. The van der Waals surface area contributed by atoms with Gasteiger partial charge in [0.25, 0.3) is 11.5 Å². The number of methoxy groups -OCH3 is 1. The van der Waals surface area contributed by atoms with Gasteiger partial charge in [-0.2, -0.15) is 0 Å². The van der Waals surface area contributed by atoms with Gasteiger partial charge in [0.1, 0.15) is 11.6 Å². The quantitative estimate of drug-likeness (QED) is 0.440. The van der Waals surface area contributed by atoms with Gasteiger partial charge in [0.05, 0.1) is 19.3 Å². The van der Waals surface area contributed by atoms with Crippen molar-refractivity contribution in [1.82, 2.24) is 10.2 Å². The Bertz CT molecular complexity index is 785. The molecule has 1 aromatic rings. The molecule has 1 atom stereocenters. The molecular formula is C18H20N2O6. The number of hydrogen-bond donors (Lipinski definition) is 2. The molecule has 1 unspecified atom stereocenters. The number of nitrogens with one attached hydrogen (secondary N) is 1. The lowest BCUT2D eigenvalue weighted by atomic mass is 9.89. The molecule has 2 aliphatic rings. The number of carbonyl (C=O) groups is 3. The molecule has 0 aliphatic carbocycles. The summed E-state index contributed by atoms with van der Waals surface area (Å²) in [6, 6.07) is 6.20. The topological polar surface area (TPSA) is 105 Å². The van der Waals surface area contributed by atoms with Crippen LogP contribution in [0.3, 0.4) is 0 Å². The van der Waals surface area contributed by atoms with Crippen molar-refractivity contribution in [2.24, 2.45) is 0 Å². The van der Waals surface area contributed by atoms with Gasteiger partial charge in [-0.1, -0.05) is 0 Å². The first kappa shape index (κ1) is 17.9. The Morgan fingerprint density at radius 1 is 1.31 bits per heavy atom. The maximum Gasteiger partial charge on any atom is 0.353 e. The van der Waals surface area contributed by atoms with Crippen molar-refractivity contribution in [2.45, 2.75) is 18.9 Å². The van der Waals surface area contributed by atoms with Gasteiger partial charge in [0.2, 0.25) is 0 Å². The highest BCUT2D eigenvalue weighted by Gasteiger charge is 2.61. The van der Waals surface area contributed by atoms with Crippen molar-refractivity contribution < 1.29 is 29.0 Å². The summed E-state index contributed by atoms with van der Waals surface area (Å²) in [5.74, 6) is -1.92. The number of fused-ring (bicyclic) bond motifs is 1. The van der Waals surface area contributed by atoms with Crippen LogP contribution in [0.4, 0.5) is 0 Å². The molecule has 138 valence electrons. The third-order valence-corrected chi connectivity index (χ3v) is 4.42. The Kier molecular flexibility index (Phi) is 4.69. The molecule has 2 heterocycles. The fourth-order valence-corrected chi connectivity index (χ4v) is 3.13. The molecule has 8 heteroatoms. The lowest BCUT2D eigenvalue weighted by Gasteiger charge is -2.27. The van der Waals surface area contributed by atoms with Crippen LogP contribution in [-0.4, -0.2) is 60.1 Å². The number of rotatable bonds is 5. The maximum absolute atomic E-state index is 13.1. The SMILES string of the molecule is CCOC(=O)C1(O)C(=O)N2CCCNC2=C1C(=O)c1ccc(OC)cc1. The number of ether oxygens (including phenoxy) is 2. The molecule has 0 spiro atoms. The molecule has 26 heavy (non-hydrogen) atoms. The van der Waals surface area contributed by atoms with E-state index in [4.69, 9.17) is 9.47 Å². The second kappa shape index (κ2) is 6.80. The molecule has 1 fully saturated rings. The number of Topliss-reactive ketones (excluding diaryl/α,β-unsaturated/α-hetero) is 1. The van der Waals surface area contributed by atoms with Gasteiger partial charge in [-0.3, -0.25) is 14.5 Å². The van der Waals surface area contributed by atoms with Crippen LogP contribution in [-0.2, 0) is 14.3 Å². The Balaban J connectivity index is 2.10. The van der Waals surface area contributed by atoms with Gasteiger partial charge in [0.15, 0.2) is 5.78 Å². The summed E-state index contributed by atoms with van der Waals surface area (Å²) in [7, 11) is 1.50. The van der Waals surface area contributed by atoms with Crippen LogP contribution in [0.15, 0.2) is 35.7 Å². The fourth-order valence-electron chi connectivity index (χ4n) is 3.13. The van der Waals surface area contributed by atoms with Crippen molar-refractivity contribution >= 4 is 17.7 Å². The number of carbonyl (C=O) groups excluding carboxylic acids is 3. The fraction of sp³-hybridized carbons (Fsp3) is 0.389. The minimum Gasteiger partial charge on any atom is -0.497 e. The Morgan fingerprint density at radius 2 is 2.00 bits per heavy atom. The van der Waals surface area contributed by atoms with E-state index in [1.165, 1.54) is 24.1 Å². The van der Waals surface area contributed by atoms with E-state index in [-0.39, 0.29) is 23.6 Å². The number of amides is 1.